The van der Waals surface area contributed by atoms with E-state index in [-0.39, 0.29) is 18.1 Å². The number of rotatable bonds is 10. The van der Waals surface area contributed by atoms with E-state index in [9.17, 15) is 4.79 Å². The lowest BCUT2D eigenvalue weighted by molar-refractivity contribution is -0.0223. The monoisotopic (exact) mass is 501 g/mol. The quantitative estimate of drug-likeness (QED) is 0.275. The van der Waals surface area contributed by atoms with E-state index in [0.717, 1.165) is 24.2 Å². The number of benzene rings is 2. The third-order valence-electron chi connectivity index (χ3n) is 5.60. The summed E-state index contributed by atoms with van der Waals surface area (Å²) in [5, 5.41) is 0.608. The Labute approximate surface area is 213 Å². The molecule has 2 aromatic rings. The Morgan fingerprint density at radius 1 is 1.11 bits per heavy atom. The van der Waals surface area contributed by atoms with Gasteiger partial charge in [0.1, 0.15) is 17.1 Å². The van der Waals surface area contributed by atoms with Crippen molar-refractivity contribution in [3.8, 4) is 11.5 Å². The summed E-state index contributed by atoms with van der Waals surface area (Å²) >= 11 is 6.10. The molecule has 190 valence electrons. The molecule has 2 unspecified atom stereocenters. The third-order valence-corrected chi connectivity index (χ3v) is 5.91. The minimum Gasteiger partial charge on any atom is -0.493 e. The Balaban J connectivity index is 1.51. The average Bonchev–Trinajstić information content (AvgIpc) is 2.83. The predicted octanol–water partition coefficient (Wildman–Crippen LogP) is 6.48. The number of piperidine rings is 1. The predicted molar refractivity (Wildman–Crippen MR) is 139 cm³/mol. The summed E-state index contributed by atoms with van der Waals surface area (Å²) < 4.78 is 23.2. The van der Waals surface area contributed by atoms with Crippen LogP contribution in [0.4, 0.5) is 4.79 Å². The molecule has 1 aliphatic heterocycles. The van der Waals surface area contributed by atoms with Gasteiger partial charge in [0.25, 0.3) is 0 Å². The van der Waals surface area contributed by atoms with Crippen molar-refractivity contribution in [2.75, 3.05) is 32.9 Å². The number of para-hydroxylation sites is 1. The largest absolute Gasteiger partial charge is 0.493 e. The van der Waals surface area contributed by atoms with Crippen molar-refractivity contribution in [2.24, 2.45) is 0 Å². The van der Waals surface area contributed by atoms with Crippen molar-refractivity contribution >= 4 is 17.7 Å². The van der Waals surface area contributed by atoms with E-state index >= 15 is 0 Å². The van der Waals surface area contributed by atoms with Gasteiger partial charge in [-0.1, -0.05) is 41.9 Å². The van der Waals surface area contributed by atoms with E-state index in [1.807, 2.05) is 57.2 Å². The van der Waals surface area contributed by atoms with Crippen LogP contribution in [0.25, 0.3) is 0 Å². The van der Waals surface area contributed by atoms with E-state index in [1.165, 1.54) is 0 Å². The molecule has 1 saturated heterocycles. The molecule has 0 spiro atoms. The summed E-state index contributed by atoms with van der Waals surface area (Å²) in [6.45, 7) is 12.0. The molecule has 1 amide bonds. The van der Waals surface area contributed by atoms with Gasteiger partial charge in [0.2, 0.25) is 0 Å². The van der Waals surface area contributed by atoms with Gasteiger partial charge < -0.3 is 23.8 Å². The van der Waals surface area contributed by atoms with E-state index < -0.39 is 5.60 Å². The summed E-state index contributed by atoms with van der Waals surface area (Å²) in [4.78, 5) is 14.3. The van der Waals surface area contributed by atoms with Crippen LogP contribution in [-0.4, -0.2) is 55.6 Å². The van der Waals surface area contributed by atoms with Crippen LogP contribution in [0.5, 0.6) is 11.5 Å². The fourth-order valence-corrected chi connectivity index (χ4v) is 4.15. The molecule has 1 heterocycles. The second-order valence-corrected chi connectivity index (χ2v) is 9.94. The maximum Gasteiger partial charge on any atom is 0.410 e. The fourth-order valence-electron chi connectivity index (χ4n) is 3.95. The van der Waals surface area contributed by atoms with Gasteiger partial charge in [-0.2, -0.15) is 0 Å². The van der Waals surface area contributed by atoms with Crippen LogP contribution in [0.15, 0.2) is 61.2 Å². The summed E-state index contributed by atoms with van der Waals surface area (Å²) in [5.74, 6) is 1.66. The average molecular weight is 502 g/mol. The first-order valence-electron chi connectivity index (χ1n) is 12.1. The van der Waals surface area contributed by atoms with Gasteiger partial charge >= 0.3 is 6.09 Å². The molecular weight excluding hydrogens is 466 g/mol. The SMILES string of the molecule is C=CCOC1CN(C(=O)OC(C)(C)C)CCC1c1ccc(OCCCOc2ccccc2Cl)cc1. The zero-order valence-corrected chi connectivity index (χ0v) is 21.6. The summed E-state index contributed by atoms with van der Waals surface area (Å²) in [6, 6.07) is 15.6. The van der Waals surface area contributed by atoms with Gasteiger partial charge in [-0.05, 0) is 57.0 Å². The number of nitrogens with zero attached hydrogens (tertiary/aromatic N) is 1. The maximum absolute atomic E-state index is 12.6. The summed E-state index contributed by atoms with van der Waals surface area (Å²) in [7, 11) is 0. The second-order valence-electron chi connectivity index (χ2n) is 9.53. The Kier molecular flexibility index (Phi) is 9.87. The normalized spacial score (nSPS) is 18.1. The zero-order valence-electron chi connectivity index (χ0n) is 20.9. The highest BCUT2D eigenvalue weighted by molar-refractivity contribution is 6.32. The molecule has 0 saturated carbocycles. The maximum atomic E-state index is 12.6. The van der Waals surface area contributed by atoms with Gasteiger partial charge in [-0.3, -0.25) is 0 Å². The molecule has 0 aromatic heterocycles. The molecule has 0 N–H and O–H groups in total. The van der Waals surface area contributed by atoms with Crippen LogP contribution in [0.2, 0.25) is 5.02 Å². The first-order valence-corrected chi connectivity index (χ1v) is 12.4. The first kappa shape index (κ1) is 26.9. The van der Waals surface area contributed by atoms with Crippen molar-refractivity contribution in [1.29, 1.82) is 0 Å². The fraction of sp³-hybridized carbons (Fsp3) is 0.464. The van der Waals surface area contributed by atoms with Crippen molar-refractivity contribution in [3.05, 3.63) is 71.8 Å². The lowest BCUT2D eigenvalue weighted by atomic mass is 9.87. The molecule has 0 aliphatic carbocycles. The summed E-state index contributed by atoms with van der Waals surface area (Å²) in [5.41, 5.74) is 0.638. The van der Waals surface area contributed by atoms with Crippen molar-refractivity contribution in [1.82, 2.24) is 4.90 Å². The van der Waals surface area contributed by atoms with Gasteiger partial charge in [0, 0.05) is 18.9 Å². The smallest absolute Gasteiger partial charge is 0.410 e. The summed E-state index contributed by atoms with van der Waals surface area (Å²) in [6.07, 6.45) is 2.83. The molecule has 0 radical (unpaired) electrons. The Hall–Kier alpha value is -2.70. The minimum absolute atomic E-state index is 0.136. The van der Waals surface area contributed by atoms with Crippen LogP contribution in [0, 0.1) is 0 Å². The second kappa shape index (κ2) is 12.8. The lowest BCUT2D eigenvalue weighted by Gasteiger charge is -2.39. The van der Waals surface area contributed by atoms with Crippen LogP contribution in [0.3, 0.4) is 0 Å². The Morgan fingerprint density at radius 3 is 2.51 bits per heavy atom. The van der Waals surface area contributed by atoms with E-state index in [0.29, 0.717) is 43.7 Å². The highest BCUT2D eigenvalue weighted by Crippen LogP contribution is 2.32. The molecule has 1 aliphatic rings. The Morgan fingerprint density at radius 2 is 1.83 bits per heavy atom. The Bertz CT molecular complexity index is 957. The highest BCUT2D eigenvalue weighted by atomic mass is 35.5. The van der Waals surface area contributed by atoms with E-state index in [2.05, 4.69) is 18.7 Å². The molecular formula is C28H36ClNO5. The molecule has 0 bridgehead atoms. The number of likely N-dealkylation sites (tertiary alicyclic amines) is 1. The number of ether oxygens (including phenoxy) is 4. The molecule has 3 rings (SSSR count). The number of amides is 1. The minimum atomic E-state index is -0.526. The molecule has 2 atom stereocenters. The molecule has 1 fully saturated rings. The van der Waals surface area contributed by atoms with Gasteiger partial charge in [0.05, 0.1) is 37.5 Å². The van der Waals surface area contributed by atoms with Crippen molar-refractivity contribution in [3.63, 3.8) is 0 Å². The zero-order chi connectivity index (χ0) is 25.3. The van der Waals surface area contributed by atoms with Gasteiger partial charge in [0.15, 0.2) is 0 Å². The van der Waals surface area contributed by atoms with Crippen LogP contribution in [-0.2, 0) is 9.47 Å². The van der Waals surface area contributed by atoms with Crippen LogP contribution >= 0.6 is 11.6 Å². The molecule has 7 heteroatoms. The topological polar surface area (TPSA) is 57.2 Å². The molecule has 2 aromatic carbocycles. The molecule has 35 heavy (non-hydrogen) atoms. The standard InChI is InChI=1S/C28H36ClNO5/c1-5-17-33-26-20-30(27(31)35-28(2,3)4)16-15-23(26)21-11-13-22(14-12-21)32-18-8-19-34-25-10-7-6-9-24(25)29/h5-7,9-14,23,26H,1,8,15-20H2,2-4H3. The van der Waals surface area contributed by atoms with Crippen LogP contribution < -0.4 is 9.47 Å². The number of hydrogen-bond donors (Lipinski definition) is 0. The highest BCUT2D eigenvalue weighted by Gasteiger charge is 2.34. The van der Waals surface area contributed by atoms with Gasteiger partial charge in [-0.25, -0.2) is 4.79 Å². The van der Waals surface area contributed by atoms with Crippen molar-refractivity contribution in [2.45, 2.75) is 51.2 Å². The molecule has 6 nitrogen and oxygen atoms in total. The number of halogens is 1. The number of carbonyl (C=O) groups is 1. The van der Waals surface area contributed by atoms with E-state index in [1.54, 1.807) is 11.0 Å². The van der Waals surface area contributed by atoms with Crippen LogP contribution in [0.1, 0.15) is 45.1 Å². The van der Waals surface area contributed by atoms with Gasteiger partial charge in [-0.15, -0.1) is 6.58 Å². The lowest BCUT2D eigenvalue weighted by Crippen LogP contribution is -2.48. The first-order chi connectivity index (χ1) is 16.8. The van der Waals surface area contributed by atoms with E-state index in [4.69, 9.17) is 30.5 Å². The van der Waals surface area contributed by atoms with Crippen molar-refractivity contribution < 1.29 is 23.7 Å². The number of carbonyl (C=O) groups excluding carboxylic acids is 1. The third kappa shape index (κ3) is 8.48. The number of hydrogen-bond acceptors (Lipinski definition) is 5.